The van der Waals surface area contributed by atoms with Crippen molar-refractivity contribution in [3.63, 3.8) is 0 Å². The first-order valence-corrected chi connectivity index (χ1v) is 4.54. The minimum atomic E-state index is 0.742. The molecule has 0 saturated heterocycles. The van der Waals surface area contributed by atoms with Crippen LogP contribution in [-0.2, 0) is 0 Å². The second kappa shape index (κ2) is 4.25. The SMILES string of the molecule is N=C/C(=C\N)c1ccc(I)cc1. The summed E-state index contributed by atoms with van der Waals surface area (Å²) >= 11 is 2.24. The lowest BCUT2D eigenvalue weighted by Gasteiger charge is -1.99. The van der Waals surface area contributed by atoms with Crippen molar-refractivity contribution in [3.8, 4) is 0 Å². The fourth-order valence-corrected chi connectivity index (χ4v) is 1.23. The van der Waals surface area contributed by atoms with E-state index in [2.05, 4.69) is 22.6 Å². The standard InChI is InChI=1S/C9H9IN2/c10-9-3-1-7(2-4-9)8(5-11)6-12/h1-6,11H,12H2/b8-6+,11-5?. The van der Waals surface area contributed by atoms with Gasteiger partial charge in [-0.15, -0.1) is 0 Å². The zero-order valence-corrected chi connectivity index (χ0v) is 8.58. The number of nitrogens with one attached hydrogen (secondary N) is 1. The first-order valence-electron chi connectivity index (χ1n) is 3.46. The predicted molar refractivity (Wildman–Crippen MR) is 60.1 cm³/mol. The Balaban J connectivity index is 3.04. The summed E-state index contributed by atoms with van der Waals surface area (Å²) in [6.07, 6.45) is 2.69. The largest absolute Gasteiger partial charge is 0.404 e. The molecule has 3 heteroatoms. The summed E-state index contributed by atoms with van der Waals surface area (Å²) in [6, 6.07) is 7.88. The Hall–Kier alpha value is -0.840. The monoisotopic (exact) mass is 272 g/mol. The van der Waals surface area contributed by atoms with E-state index in [0.717, 1.165) is 11.1 Å². The van der Waals surface area contributed by atoms with Gasteiger partial charge in [-0.05, 0) is 40.3 Å². The average Bonchev–Trinajstić information content (AvgIpc) is 2.10. The highest BCUT2D eigenvalue weighted by molar-refractivity contribution is 14.1. The van der Waals surface area contributed by atoms with Crippen LogP contribution >= 0.6 is 22.6 Å². The van der Waals surface area contributed by atoms with E-state index in [0.29, 0.717) is 0 Å². The smallest absolute Gasteiger partial charge is 0.0270 e. The van der Waals surface area contributed by atoms with Crippen molar-refractivity contribution in [1.29, 1.82) is 5.41 Å². The summed E-state index contributed by atoms with van der Waals surface area (Å²) in [6.45, 7) is 0. The lowest BCUT2D eigenvalue weighted by atomic mass is 10.1. The first kappa shape index (κ1) is 9.25. The molecule has 0 bridgehead atoms. The van der Waals surface area contributed by atoms with Crippen LogP contribution in [0.3, 0.4) is 0 Å². The molecule has 0 atom stereocenters. The molecule has 0 amide bonds. The van der Waals surface area contributed by atoms with Crippen LogP contribution in [-0.4, -0.2) is 6.21 Å². The Bertz CT molecular complexity index is 301. The highest BCUT2D eigenvalue weighted by Crippen LogP contribution is 2.13. The van der Waals surface area contributed by atoms with Crippen LogP contribution < -0.4 is 5.73 Å². The van der Waals surface area contributed by atoms with Gasteiger partial charge in [0.1, 0.15) is 0 Å². The number of allylic oxidation sites excluding steroid dienone is 1. The first-order chi connectivity index (χ1) is 5.77. The van der Waals surface area contributed by atoms with Gasteiger partial charge in [0.25, 0.3) is 0 Å². The van der Waals surface area contributed by atoms with Gasteiger partial charge in [0, 0.05) is 21.6 Å². The fourth-order valence-electron chi connectivity index (χ4n) is 0.870. The lowest BCUT2D eigenvalue weighted by Crippen LogP contribution is -1.89. The van der Waals surface area contributed by atoms with Gasteiger partial charge in [0.2, 0.25) is 0 Å². The van der Waals surface area contributed by atoms with Crippen molar-refractivity contribution in [2.24, 2.45) is 5.73 Å². The number of rotatable bonds is 2. The maximum atomic E-state index is 7.08. The van der Waals surface area contributed by atoms with Gasteiger partial charge in [-0.1, -0.05) is 12.1 Å². The molecule has 1 rings (SSSR count). The van der Waals surface area contributed by atoms with Gasteiger partial charge in [0.05, 0.1) is 0 Å². The molecule has 0 saturated carbocycles. The topological polar surface area (TPSA) is 49.9 Å². The van der Waals surface area contributed by atoms with Gasteiger partial charge >= 0.3 is 0 Å². The second-order valence-electron chi connectivity index (χ2n) is 2.27. The van der Waals surface area contributed by atoms with E-state index in [4.69, 9.17) is 11.1 Å². The molecule has 0 aliphatic carbocycles. The third-order valence-corrected chi connectivity index (χ3v) is 2.23. The molecule has 0 aliphatic rings. The number of hydrogen-bond donors (Lipinski definition) is 2. The van der Waals surface area contributed by atoms with Crippen LogP contribution in [0.5, 0.6) is 0 Å². The molecular weight excluding hydrogens is 263 g/mol. The zero-order chi connectivity index (χ0) is 8.97. The van der Waals surface area contributed by atoms with Crippen LogP contribution in [0.1, 0.15) is 5.56 Å². The molecule has 0 radical (unpaired) electrons. The van der Waals surface area contributed by atoms with E-state index in [-0.39, 0.29) is 0 Å². The van der Waals surface area contributed by atoms with Gasteiger partial charge in [0.15, 0.2) is 0 Å². The lowest BCUT2D eigenvalue weighted by molar-refractivity contribution is 1.52. The highest BCUT2D eigenvalue weighted by Gasteiger charge is 1.95. The van der Waals surface area contributed by atoms with Crippen LogP contribution in [0.15, 0.2) is 30.5 Å². The third-order valence-electron chi connectivity index (χ3n) is 1.51. The summed E-state index contributed by atoms with van der Waals surface area (Å²) in [5.41, 5.74) is 7.06. The van der Waals surface area contributed by atoms with Crippen molar-refractivity contribution in [2.75, 3.05) is 0 Å². The molecule has 0 aliphatic heterocycles. The Morgan fingerprint density at radius 3 is 2.33 bits per heavy atom. The van der Waals surface area contributed by atoms with E-state index < -0.39 is 0 Å². The van der Waals surface area contributed by atoms with Crippen molar-refractivity contribution in [2.45, 2.75) is 0 Å². The van der Waals surface area contributed by atoms with Gasteiger partial charge in [-0.25, -0.2) is 0 Å². The Morgan fingerprint density at radius 2 is 1.92 bits per heavy atom. The molecule has 0 unspecified atom stereocenters. The minimum absolute atomic E-state index is 0.742. The van der Waals surface area contributed by atoms with Gasteiger partial charge in [-0.2, -0.15) is 0 Å². The third kappa shape index (κ3) is 2.07. The van der Waals surface area contributed by atoms with Gasteiger partial charge in [-0.3, -0.25) is 0 Å². The van der Waals surface area contributed by atoms with Crippen molar-refractivity contribution in [3.05, 3.63) is 39.6 Å². The Kier molecular flexibility index (Phi) is 3.28. The second-order valence-corrected chi connectivity index (χ2v) is 3.52. The Morgan fingerprint density at radius 1 is 1.33 bits per heavy atom. The van der Waals surface area contributed by atoms with Crippen LogP contribution in [0.25, 0.3) is 5.57 Å². The summed E-state index contributed by atoms with van der Waals surface area (Å²) in [5.74, 6) is 0. The number of benzene rings is 1. The molecule has 12 heavy (non-hydrogen) atoms. The average molecular weight is 272 g/mol. The van der Waals surface area contributed by atoms with Crippen LogP contribution in [0.2, 0.25) is 0 Å². The normalized spacial score (nSPS) is 11.2. The molecule has 2 nitrogen and oxygen atoms in total. The van der Waals surface area contributed by atoms with Gasteiger partial charge < -0.3 is 11.1 Å². The highest BCUT2D eigenvalue weighted by atomic mass is 127. The van der Waals surface area contributed by atoms with E-state index in [1.165, 1.54) is 16.0 Å². The van der Waals surface area contributed by atoms with E-state index in [1.807, 2.05) is 24.3 Å². The summed E-state index contributed by atoms with van der Waals surface area (Å²) in [4.78, 5) is 0. The zero-order valence-electron chi connectivity index (χ0n) is 6.42. The predicted octanol–water partition coefficient (Wildman–Crippen LogP) is 2.24. The van der Waals surface area contributed by atoms with E-state index >= 15 is 0 Å². The van der Waals surface area contributed by atoms with Crippen molar-refractivity contribution in [1.82, 2.24) is 0 Å². The molecule has 0 aromatic heterocycles. The Labute approximate surface area is 85.1 Å². The molecule has 0 spiro atoms. The summed E-state index contributed by atoms with van der Waals surface area (Å²) in [5, 5.41) is 7.08. The number of hydrogen-bond acceptors (Lipinski definition) is 2. The number of halogens is 1. The van der Waals surface area contributed by atoms with Crippen LogP contribution in [0.4, 0.5) is 0 Å². The molecule has 0 heterocycles. The molecular formula is C9H9IN2. The maximum absolute atomic E-state index is 7.08. The summed E-state index contributed by atoms with van der Waals surface area (Å²) in [7, 11) is 0. The van der Waals surface area contributed by atoms with Crippen LogP contribution in [0, 0.1) is 8.98 Å². The maximum Gasteiger partial charge on any atom is 0.0270 e. The van der Waals surface area contributed by atoms with Crippen molar-refractivity contribution < 1.29 is 0 Å². The minimum Gasteiger partial charge on any atom is -0.404 e. The molecule has 1 aromatic carbocycles. The molecule has 62 valence electrons. The molecule has 0 fully saturated rings. The molecule has 1 aromatic rings. The van der Waals surface area contributed by atoms with Crippen molar-refractivity contribution >= 4 is 34.4 Å². The number of nitrogens with two attached hydrogens (primary N) is 1. The van der Waals surface area contributed by atoms with E-state index in [1.54, 1.807) is 0 Å². The fraction of sp³-hybridized carbons (Fsp3) is 0. The molecule has 3 N–H and O–H groups in total. The summed E-state index contributed by atoms with van der Waals surface area (Å²) < 4.78 is 1.18. The quantitative estimate of drug-likeness (QED) is 0.629. The van der Waals surface area contributed by atoms with E-state index in [9.17, 15) is 0 Å².